The van der Waals surface area contributed by atoms with Gasteiger partial charge >= 0.3 is 12.2 Å². The number of hydrogen-bond acceptors (Lipinski definition) is 4. The van der Waals surface area contributed by atoms with Crippen LogP contribution in [0.4, 0.5) is 17.6 Å². The van der Waals surface area contributed by atoms with E-state index in [0.29, 0.717) is 12.1 Å². The minimum Gasteiger partial charge on any atom is -0.421 e. The summed E-state index contributed by atoms with van der Waals surface area (Å²) >= 11 is 6.03. The molecule has 0 atom stereocenters. The van der Waals surface area contributed by atoms with Crippen LogP contribution in [0.3, 0.4) is 0 Å². The van der Waals surface area contributed by atoms with Crippen LogP contribution < -0.4 is 14.8 Å². The van der Waals surface area contributed by atoms with Gasteiger partial charge in [-0.05, 0) is 11.6 Å². The van der Waals surface area contributed by atoms with Gasteiger partial charge in [0.05, 0.1) is 0 Å². The summed E-state index contributed by atoms with van der Waals surface area (Å²) in [6.07, 6.45) is -9.45. The molecule has 0 aromatic heterocycles. The fraction of sp³-hybridized carbons (Fsp3) is 0.538. The highest BCUT2D eigenvalue weighted by Gasteiger charge is 2.66. The average molecular weight is 341 g/mol. The Morgan fingerprint density at radius 3 is 2.18 bits per heavy atom. The summed E-state index contributed by atoms with van der Waals surface area (Å²) in [6, 6.07) is 2.31. The molecule has 22 heavy (non-hydrogen) atoms. The van der Waals surface area contributed by atoms with Gasteiger partial charge in [0.25, 0.3) is 0 Å². The normalized spacial score (nSPS) is 23.3. The van der Waals surface area contributed by atoms with Crippen LogP contribution in [-0.2, 0) is 6.54 Å². The van der Waals surface area contributed by atoms with Crippen LogP contribution in [0.25, 0.3) is 0 Å². The molecule has 0 aliphatic carbocycles. The van der Waals surface area contributed by atoms with Crippen molar-refractivity contribution in [3.63, 3.8) is 0 Å². The Morgan fingerprint density at radius 2 is 1.59 bits per heavy atom. The molecule has 2 aliphatic heterocycles. The lowest BCUT2D eigenvalue weighted by Crippen LogP contribution is -2.52. The van der Waals surface area contributed by atoms with Gasteiger partial charge in [-0.1, -0.05) is 11.6 Å². The molecule has 1 N–H and O–H groups in total. The van der Waals surface area contributed by atoms with Crippen molar-refractivity contribution < 1.29 is 27.0 Å². The zero-order chi connectivity index (χ0) is 16.0. The fourth-order valence-corrected chi connectivity index (χ4v) is 2.58. The summed E-state index contributed by atoms with van der Waals surface area (Å²) in [5.41, 5.74) is 0.520. The van der Waals surface area contributed by atoms with E-state index in [1.165, 1.54) is 6.07 Å². The Hall–Kier alpha value is -1.25. The summed E-state index contributed by atoms with van der Waals surface area (Å²) in [5, 5.41) is 3.35. The molecule has 0 amide bonds. The summed E-state index contributed by atoms with van der Waals surface area (Å²) < 4.78 is 60.8. The fourth-order valence-electron chi connectivity index (χ4n) is 2.36. The molecular formula is C13H13ClF4N2O2. The van der Waals surface area contributed by atoms with Gasteiger partial charge < -0.3 is 14.8 Å². The van der Waals surface area contributed by atoms with E-state index in [9.17, 15) is 17.6 Å². The quantitative estimate of drug-likeness (QED) is 0.839. The van der Waals surface area contributed by atoms with Gasteiger partial charge in [-0.3, -0.25) is 4.90 Å². The SMILES string of the molecule is FC1(F)Oc2cc(Cl)c(CN3CCNCC3)cc2OC1(F)F. The number of fused-ring (bicyclic) bond motifs is 1. The highest BCUT2D eigenvalue weighted by molar-refractivity contribution is 6.31. The molecule has 1 fully saturated rings. The lowest BCUT2D eigenvalue weighted by atomic mass is 10.1. The van der Waals surface area contributed by atoms with Crippen molar-refractivity contribution in [3.8, 4) is 11.5 Å². The number of benzene rings is 1. The van der Waals surface area contributed by atoms with Crippen molar-refractivity contribution in [2.45, 2.75) is 18.8 Å². The highest BCUT2D eigenvalue weighted by Crippen LogP contribution is 2.48. The predicted octanol–water partition coefficient (Wildman–Crippen LogP) is 2.70. The molecule has 0 saturated carbocycles. The predicted molar refractivity (Wildman–Crippen MR) is 70.7 cm³/mol. The third-order valence-electron chi connectivity index (χ3n) is 3.53. The van der Waals surface area contributed by atoms with Crippen LogP contribution in [0, 0.1) is 0 Å². The number of rotatable bonds is 2. The second-order valence-corrected chi connectivity index (χ2v) is 5.56. The molecule has 9 heteroatoms. The Kier molecular flexibility index (Phi) is 3.86. The van der Waals surface area contributed by atoms with Gasteiger partial charge in [-0.2, -0.15) is 17.6 Å². The second-order valence-electron chi connectivity index (χ2n) is 5.15. The Bertz CT molecular complexity index is 579. The van der Waals surface area contributed by atoms with Crippen molar-refractivity contribution >= 4 is 11.6 Å². The minimum atomic E-state index is -4.73. The van der Waals surface area contributed by atoms with Gasteiger partial charge in [0.1, 0.15) is 0 Å². The second kappa shape index (κ2) is 5.43. The summed E-state index contributed by atoms with van der Waals surface area (Å²) in [5.74, 6) is -0.935. The molecule has 0 radical (unpaired) electrons. The van der Waals surface area contributed by atoms with Gasteiger partial charge in [0.15, 0.2) is 11.5 Å². The molecule has 122 valence electrons. The van der Waals surface area contributed by atoms with Crippen molar-refractivity contribution in [2.75, 3.05) is 26.2 Å². The number of ether oxygens (including phenoxy) is 2. The van der Waals surface area contributed by atoms with Crippen LogP contribution in [0.15, 0.2) is 12.1 Å². The van der Waals surface area contributed by atoms with Gasteiger partial charge in [0.2, 0.25) is 0 Å². The van der Waals surface area contributed by atoms with Crippen LogP contribution in [0.2, 0.25) is 5.02 Å². The van der Waals surface area contributed by atoms with E-state index in [1.54, 1.807) is 0 Å². The molecule has 2 heterocycles. The van der Waals surface area contributed by atoms with Crippen LogP contribution in [-0.4, -0.2) is 43.3 Å². The first-order chi connectivity index (χ1) is 10.3. The van der Waals surface area contributed by atoms with E-state index in [1.807, 2.05) is 0 Å². The van der Waals surface area contributed by atoms with E-state index in [-0.39, 0.29) is 5.02 Å². The monoisotopic (exact) mass is 340 g/mol. The Labute approximate surface area is 128 Å². The van der Waals surface area contributed by atoms with Crippen molar-refractivity contribution in [3.05, 3.63) is 22.7 Å². The summed E-state index contributed by atoms with van der Waals surface area (Å²) in [7, 11) is 0. The molecule has 2 aliphatic rings. The van der Waals surface area contributed by atoms with Gasteiger partial charge in [-0.25, -0.2) is 0 Å². The first-order valence-electron chi connectivity index (χ1n) is 6.68. The van der Waals surface area contributed by atoms with E-state index in [4.69, 9.17) is 11.6 Å². The van der Waals surface area contributed by atoms with E-state index in [0.717, 1.165) is 32.2 Å². The number of alkyl halides is 4. The largest absolute Gasteiger partial charge is 0.507 e. The minimum absolute atomic E-state index is 0.168. The van der Waals surface area contributed by atoms with Crippen LogP contribution in [0.1, 0.15) is 5.56 Å². The average Bonchev–Trinajstić information content (AvgIpc) is 2.43. The zero-order valence-corrected chi connectivity index (χ0v) is 12.1. The molecule has 1 saturated heterocycles. The third-order valence-corrected chi connectivity index (χ3v) is 3.88. The molecule has 0 bridgehead atoms. The number of nitrogens with one attached hydrogen (secondary N) is 1. The topological polar surface area (TPSA) is 33.7 Å². The molecule has 0 spiro atoms. The maximum absolute atomic E-state index is 13.2. The van der Waals surface area contributed by atoms with E-state index in [2.05, 4.69) is 19.7 Å². The first kappa shape index (κ1) is 15.6. The molecule has 1 aromatic rings. The molecule has 1 aromatic carbocycles. The standard InChI is InChI=1S/C13H13ClF4N2O2/c14-9-6-11-10(21-12(15,16)13(17,18)22-11)5-8(9)7-20-3-1-19-2-4-20/h5-6,19H,1-4,7H2. The van der Waals surface area contributed by atoms with Gasteiger partial charge in [-0.15, -0.1) is 0 Å². The molecule has 0 unspecified atom stereocenters. The maximum atomic E-state index is 13.2. The van der Waals surface area contributed by atoms with Crippen molar-refractivity contribution in [1.82, 2.24) is 10.2 Å². The first-order valence-corrected chi connectivity index (χ1v) is 7.05. The van der Waals surface area contributed by atoms with Crippen LogP contribution in [0.5, 0.6) is 11.5 Å². The van der Waals surface area contributed by atoms with Crippen molar-refractivity contribution in [1.29, 1.82) is 0 Å². The maximum Gasteiger partial charge on any atom is 0.507 e. The van der Waals surface area contributed by atoms with Gasteiger partial charge in [0, 0.05) is 43.8 Å². The number of piperazine rings is 1. The van der Waals surface area contributed by atoms with Crippen LogP contribution >= 0.6 is 11.6 Å². The molecular weight excluding hydrogens is 328 g/mol. The van der Waals surface area contributed by atoms with Crippen molar-refractivity contribution in [2.24, 2.45) is 0 Å². The Morgan fingerprint density at radius 1 is 1.05 bits per heavy atom. The summed E-state index contributed by atoms with van der Waals surface area (Å²) in [4.78, 5) is 2.07. The highest BCUT2D eigenvalue weighted by atomic mass is 35.5. The molecule has 3 rings (SSSR count). The van der Waals surface area contributed by atoms with E-state index < -0.39 is 23.7 Å². The third kappa shape index (κ3) is 2.82. The Balaban J connectivity index is 1.86. The molecule has 4 nitrogen and oxygen atoms in total. The number of halogens is 5. The number of hydrogen-bond donors (Lipinski definition) is 1. The smallest absolute Gasteiger partial charge is 0.421 e. The summed E-state index contributed by atoms with van der Waals surface area (Å²) in [6.45, 7) is 3.59. The van der Waals surface area contributed by atoms with E-state index >= 15 is 0 Å². The lowest BCUT2D eigenvalue weighted by molar-refractivity contribution is -0.391. The lowest BCUT2D eigenvalue weighted by Gasteiger charge is -2.33. The number of nitrogens with zero attached hydrogens (tertiary/aromatic N) is 1. The zero-order valence-electron chi connectivity index (χ0n) is 11.3.